The number of hydrogen-bond donors (Lipinski definition) is 2. The minimum atomic E-state index is -1.16. The largest absolute Gasteiger partial charge is 0.492 e. The van der Waals surface area contributed by atoms with Crippen LogP contribution in [0.25, 0.3) is 5.69 Å². The minimum Gasteiger partial charge on any atom is -0.492 e. The standard InChI is InChI=1S/C23H19ClN2O7/c1-30-20-14(7-16-21(22(20)31-2)33-10-32-16)13-8-17(27)25-18-15(23(28)29)9-26(19(13)18)12-5-3-4-11(24)6-12/h3-7,9,13H,8,10H2,1-2H3,(H,25,27)(H,28,29)/t13-/m1/s1. The molecule has 2 N–H and O–H groups in total. The van der Waals surface area contributed by atoms with Crippen LogP contribution >= 0.6 is 11.6 Å². The molecule has 1 amide bonds. The van der Waals surface area contributed by atoms with Gasteiger partial charge in [-0.3, -0.25) is 4.79 Å². The molecule has 2 aliphatic rings. The quantitative estimate of drug-likeness (QED) is 0.579. The van der Waals surface area contributed by atoms with E-state index in [1.807, 2.05) is 6.07 Å². The average Bonchev–Trinajstić information content (AvgIpc) is 3.41. The summed E-state index contributed by atoms with van der Waals surface area (Å²) in [6, 6.07) is 8.77. The zero-order valence-corrected chi connectivity index (χ0v) is 18.4. The van der Waals surface area contributed by atoms with Gasteiger partial charge < -0.3 is 33.9 Å². The Hall–Kier alpha value is -3.85. The smallest absolute Gasteiger partial charge is 0.339 e. The van der Waals surface area contributed by atoms with Gasteiger partial charge in [0.25, 0.3) is 0 Å². The molecule has 1 aromatic heterocycles. The van der Waals surface area contributed by atoms with E-state index in [1.165, 1.54) is 20.4 Å². The van der Waals surface area contributed by atoms with Gasteiger partial charge in [0.05, 0.1) is 25.6 Å². The molecule has 3 heterocycles. The lowest BCUT2D eigenvalue weighted by molar-refractivity contribution is -0.116. The van der Waals surface area contributed by atoms with Crippen LogP contribution in [0.4, 0.5) is 5.69 Å². The molecule has 10 heteroatoms. The van der Waals surface area contributed by atoms with Crippen LogP contribution in [0.1, 0.15) is 34.0 Å². The maximum atomic E-state index is 12.7. The van der Waals surface area contributed by atoms with Crippen LogP contribution in [-0.4, -0.2) is 42.6 Å². The summed E-state index contributed by atoms with van der Waals surface area (Å²) in [7, 11) is 2.98. The van der Waals surface area contributed by atoms with E-state index in [9.17, 15) is 14.7 Å². The van der Waals surface area contributed by atoms with Crippen LogP contribution in [0.15, 0.2) is 36.5 Å². The van der Waals surface area contributed by atoms with Crippen molar-refractivity contribution in [2.75, 3.05) is 26.3 Å². The van der Waals surface area contributed by atoms with Gasteiger partial charge in [-0.1, -0.05) is 17.7 Å². The number of halogens is 1. The Morgan fingerprint density at radius 3 is 2.70 bits per heavy atom. The highest BCUT2D eigenvalue weighted by Gasteiger charge is 2.38. The first-order valence-corrected chi connectivity index (χ1v) is 10.4. The molecule has 2 aliphatic heterocycles. The first-order valence-electron chi connectivity index (χ1n) is 10.0. The third kappa shape index (κ3) is 3.32. The van der Waals surface area contributed by atoms with Gasteiger partial charge in [-0.25, -0.2) is 4.79 Å². The van der Waals surface area contributed by atoms with Crippen molar-refractivity contribution in [1.82, 2.24) is 4.57 Å². The van der Waals surface area contributed by atoms with Gasteiger partial charge in [0.1, 0.15) is 5.56 Å². The van der Waals surface area contributed by atoms with E-state index in [0.29, 0.717) is 45.0 Å². The molecule has 1 atom stereocenters. The summed E-state index contributed by atoms with van der Waals surface area (Å²) in [4.78, 5) is 24.7. The molecule has 0 aliphatic carbocycles. The second-order valence-electron chi connectivity index (χ2n) is 7.53. The van der Waals surface area contributed by atoms with E-state index in [2.05, 4.69) is 5.32 Å². The van der Waals surface area contributed by atoms with Crippen molar-refractivity contribution in [2.45, 2.75) is 12.3 Å². The van der Waals surface area contributed by atoms with Crippen LogP contribution in [-0.2, 0) is 4.79 Å². The minimum absolute atomic E-state index is 0.0246. The highest BCUT2D eigenvalue weighted by Crippen LogP contribution is 2.54. The normalized spacial score (nSPS) is 16.2. The zero-order chi connectivity index (χ0) is 23.3. The van der Waals surface area contributed by atoms with Crippen molar-refractivity contribution in [1.29, 1.82) is 0 Å². The van der Waals surface area contributed by atoms with Gasteiger partial charge in [-0.2, -0.15) is 0 Å². The fourth-order valence-electron chi connectivity index (χ4n) is 4.40. The Bertz CT molecular complexity index is 1300. The van der Waals surface area contributed by atoms with Gasteiger partial charge in [-0.15, -0.1) is 0 Å². The zero-order valence-electron chi connectivity index (χ0n) is 17.7. The topological polar surface area (TPSA) is 108 Å². The summed E-state index contributed by atoms with van der Waals surface area (Å²) in [5.74, 6) is -0.470. The molecule has 0 radical (unpaired) electrons. The van der Waals surface area contributed by atoms with Crippen molar-refractivity contribution in [3.8, 4) is 28.7 Å². The van der Waals surface area contributed by atoms with Crippen molar-refractivity contribution >= 4 is 29.2 Å². The molecule has 0 bridgehead atoms. The number of methoxy groups -OCH3 is 2. The van der Waals surface area contributed by atoms with Crippen molar-refractivity contribution in [3.63, 3.8) is 0 Å². The molecule has 33 heavy (non-hydrogen) atoms. The molecule has 0 saturated heterocycles. The maximum absolute atomic E-state index is 12.7. The van der Waals surface area contributed by atoms with E-state index in [-0.39, 0.29) is 30.4 Å². The SMILES string of the molecule is COc1c([C@H]2CC(=O)Nc3c(C(=O)O)cn(-c4cccc(Cl)c4)c32)cc2c(c1OC)OCO2. The van der Waals surface area contributed by atoms with Gasteiger partial charge in [-0.05, 0) is 24.3 Å². The molecular formula is C23H19ClN2O7. The van der Waals surface area contributed by atoms with E-state index in [1.54, 1.807) is 28.8 Å². The second-order valence-corrected chi connectivity index (χ2v) is 7.97. The Morgan fingerprint density at radius 2 is 2.00 bits per heavy atom. The van der Waals surface area contributed by atoms with Gasteiger partial charge >= 0.3 is 5.97 Å². The third-order valence-corrected chi connectivity index (χ3v) is 5.97. The van der Waals surface area contributed by atoms with Crippen LogP contribution in [0, 0.1) is 0 Å². The fraction of sp³-hybridized carbons (Fsp3) is 0.217. The highest BCUT2D eigenvalue weighted by atomic mass is 35.5. The number of carbonyl (C=O) groups excluding carboxylic acids is 1. The van der Waals surface area contributed by atoms with Gasteiger partial charge in [0, 0.05) is 34.8 Å². The van der Waals surface area contributed by atoms with Crippen LogP contribution < -0.4 is 24.3 Å². The first-order chi connectivity index (χ1) is 15.9. The molecule has 0 unspecified atom stereocenters. The average molecular weight is 471 g/mol. The molecule has 3 aromatic rings. The maximum Gasteiger partial charge on any atom is 0.339 e. The van der Waals surface area contributed by atoms with E-state index < -0.39 is 11.9 Å². The molecular weight excluding hydrogens is 452 g/mol. The number of nitrogens with one attached hydrogen (secondary N) is 1. The number of nitrogens with zero attached hydrogens (tertiary/aromatic N) is 1. The third-order valence-electron chi connectivity index (χ3n) is 5.73. The molecule has 5 rings (SSSR count). The van der Waals surface area contributed by atoms with E-state index in [4.69, 9.17) is 30.5 Å². The van der Waals surface area contributed by atoms with Crippen LogP contribution in [0.2, 0.25) is 5.02 Å². The summed E-state index contributed by atoms with van der Waals surface area (Å²) in [6.07, 6.45) is 1.53. The number of hydrogen-bond acceptors (Lipinski definition) is 6. The molecule has 0 spiro atoms. The fourth-order valence-corrected chi connectivity index (χ4v) is 4.58. The summed E-state index contributed by atoms with van der Waals surface area (Å²) in [5.41, 5.74) is 2.03. The van der Waals surface area contributed by atoms with Crippen LogP contribution in [0.3, 0.4) is 0 Å². The van der Waals surface area contributed by atoms with E-state index >= 15 is 0 Å². The summed E-state index contributed by atoms with van der Waals surface area (Å²) < 4.78 is 24.1. The predicted octanol–water partition coefficient (Wildman–Crippen LogP) is 4.05. The molecule has 170 valence electrons. The lowest BCUT2D eigenvalue weighted by Crippen LogP contribution is -2.26. The second kappa shape index (κ2) is 7.93. The summed E-state index contributed by atoms with van der Waals surface area (Å²) in [5, 5.41) is 13.1. The Labute approximate surface area is 193 Å². The first kappa shape index (κ1) is 21.0. The molecule has 2 aromatic carbocycles. The number of aromatic carboxylic acids is 1. The van der Waals surface area contributed by atoms with Crippen molar-refractivity contribution in [2.24, 2.45) is 0 Å². The highest BCUT2D eigenvalue weighted by molar-refractivity contribution is 6.30. The molecule has 0 fully saturated rings. The Balaban J connectivity index is 1.80. The number of amides is 1. The van der Waals surface area contributed by atoms with Gasteiger partial charge in [0.15, 0.2) is 11.5 Å². The van der Waals surface area contributed by atoms with Crippen LogP contribution in [0.5, 0.6) is 23.0 Å². The Kier molecular flexibility index (Phi) is 5.05. The molecule has 0 saturated carbocycles. The monoisotopic (exact) mass is 470 g/mol. The number of rotatable bonds is 5. The summed E-state index contributed by atoms with van der Waals surface area (Å²) >= 11 is 6.21. The predicted molar refractivity (Wildman–Crippen MR) is 118 cm³/mol. The number of carbonyl (C=O) groups is 2. The summed E-state index contributed by atoms with van der Waals surface area (Å²) in [6.45, 7) is 0.0246. The Morgan fingerprint density at radius 1 is 1.21 bits per heavy atom. The number of fused-ring (bicyclic) bond motifs is 2. The number of carboxylic acid groups (broad SMARTS) is 1. The van der Waals surface area contributed by atoms with Gasteiger partial charge in [0.2, 0.25) is 24.2 Å². The number of aromatic nitrogens is 1. The number of benzene rings is 2. The lowest BCUT2D eigenvalue weighted by Gasteiger charge is -2.28. The molecule has 9 nitrogen and oxygen atoms in total. The number of carboxylic acids is 1. The number of ether oxygens (including phenoxy) is 4. The van der Waals surface area contributed by atoms with Crippen molar-refractivity contribution < 1.29 is 33.6 Å². The number of anilines is 1. The lowest BCUT2D eigenvalue weighted by atomic mass is 9.87. The van der Waals surface area contributed by atoms with Crippen molar-refractivity contribution in [3.05, 3.63) is 58.4 Å². The van der Waals surface area contributed by atoms with E-state index in [0.717, 1.165) is 0 Å².